The number of rotatable bonds is 5. The molecule has 0 aromatic heterocycles. The van der Waals surface area contributed by atoms with Gasteiger partial charge in [0.25, 0.3) is 0 Å². The van der Waals surface area contributed by atoms with Crippen LogP contribution in [0.1, 0.15) is 37.7 Å². The van der Waals surface area contributed by atoms with E-state index >= 15 is 0 Å². The van der Waals surface area contributed by atoms with Gasteiger partial charge in [-0.05, 0) is 37.0 Å². The molecule has 1 aromatic carbocycles. The molecular weight excluding hydrogens is 331 g/mol. The molecule has 0 radical (unpaired) electrons. The molecule has 1 fully saturated rings. The lowest BCUT2D eigenvalue weighted by atomic mass is 9.85. The highest BCUT2D eigenvalue weighted by atomic mass is 32.2. The molecule has 0 amide bonds. The van der Waals surface area contributed by atoms with Gasteiger partial charge in [0, 0.05) is 6.54 Å². The Kier molecular flexibility index (Phi) is 5.70. The summed E-state index contributed by atoms with van der Waals surface area (Å²) in [5.41, 5.74) is -1.02. The maximum Gasteiger partial charge on any atom is 0.416 e. The Labute approximate surface area is 133 Å². The van der Waals surface area contributed by atoms with E-state index in [0.717, 1.165) is 50.3 Å². The Bertz CT molecular complexity index is 625. The summed E-state index contributed by atoms with van der Waals surface area (Å²) in [5.74, 6) is 0.0351. The summed E-state index contributed by atoms with van der Waals surface area (Å²) in [6.07, 6.45) is -0.633. The quantitative estimate of drug-likeness (QED) is 0.857. The van der Waals surface area contributed by atoms with Crippen molar-refractivity contribution in [2.24, 2.45) is 5.92 Å². The van der Waals surface area contributed by atoms with Crippen molar-refractivity contribution in [3.8, 4) is 0 Å². The fourth-order valence-corrected chi connectivity index (χ4v) is 3.90. The molecule has 1 atom stereocenters. The van der Waals surface area contributed by atoms with E-state index in [1.165, 1.54) is 0 Å². The molecule has 0 aliphatic heterocycles. The predicted molar refractivity (Wildman–Crippen MR) is 79.2 cm³/mol. The van der Waals surface area contributed by atoms with Gasteiger partial charge < -0.3 is 5.11 Å². The van der Waals surface area contributed by atoms with Gasteiger partial charge >= 0.3 is 6.18 Å². The average Bonchev–Trinajstić information content (AvgIpc) is 2.53. The molecule has 23 heavy (non-hydrogen) atoms. The molecule has 2 N–H and O–H groups in total. The fourth-order valence-electron chi connectivity index (χ4n) is 2.80. The first-order valence-electron chi connectivity index (χ1n) is 7.55. The number of alkyl halides is 3. The van der Waals surface area contributed by atoms with Crippen molar-refractivity contribution >= 4 is 10.0 Å². The highest BCUT2D eigenvalue weighted by Gasteiger charge is 2.32. The molecule has 0 saturated heterocycles. The van der Waals surface area contributed by atoms with Crippen LogP contribution in [0, 0.1) is 5.92 Å². The van der Waals surface area contributed by atoms with Crippen LogP contribution in [0.4, 0.5) is 13.2 Å². The van der Waals surface area contributed by atoms with E-state index in [9.17, 15) is 26.7 Å². The fraction of sp³-hybridized carbons (Fsp3) is 0.600. The SMILES string of the molecule is O=S(=O)(NC[C@@H](O)C1CCCCC1)c1cccc(C(F)(F)F)c1. The van der Waals surface area contributed by atoms with E-state index in [4.69, 9.17) is 0 Å². The summed E-state index contributed by atoms with van der Waals surface area (Å²) < 4.78 is 64.4. The topological polar surface area (TPSA) is 66.4 Å². The second kappa shape index (κ2) is 7.19. The molecule has 1 aromatic rings. The third-order valence-corrected chi connectivity index (χ3v) is 5.57. The highest BCUT2D eigenvalue weighted by molar-refractivity contribution is 7.89. The van der Waals surface area contributed by atoms with Crippen LogP contribution in [0.25, 0.3) is 0 Å². The summed E-state index contributed by atoms with van der Waals surface area (Å²) in [6.45, 7) is -0.191. The number of benzene rings is 1. The van der Waals surface area contributed by atoms with Crippen molar-refractivity contribution in [3.63, 3.8) is 0 Å². The van der Waals surface area contributed by atoms with Crippen molar-refractivity contribution in [2.45, 2.75) is 49.3 Å². The van der Waals surface area contributed by atoms with Crippen LogP contribution in [0.5, 0.6) is 0 Å². The molecule has 2 rings (SSSR count). The zero-order valence-electron chi connectivity index (χ0n) is 12.5. The Morgan fingerprint density at radius 3 is 2.48 bits per heavy atom. The van der Waals surface area contributed by atoms with Gasteiger partial charge in [0.05, 0.1) is 16.6 Å². The molecular formula is C15H20F3NO3S. The van der Waals surface area contributed by atoms with Crippen LogP contribution >= 0.6 is 0 Å². The maximum atomic E-state index is 12.7. The van der Waals surface area contributed by atoms with Crippen molar-refractivity contribution in [1.82, 2.24) is 4.72 Å². The van der Waals surface area contributed by atoms with Gasteiger partial charge in [-0.15, -0.1) is 0 Å². The van der Waals surface area contributed by atoms with Crippen molar-refractivity contribution in [2.75, 3.05) is 6.54 Å². The molecule has 0 unspecified atom stereocenters. The standard InChI is InChI=1S/C15H20F3NO3S/c16-15(17,18)12-7-4-8-13(9-12)23(21,22)19-10-14(20)11-5-2-1-3-6-11/h4,7-9,11,14,19-20H,1-3,5-6,10H2/t14-/m1/s1. The minimum atomic E-state index is -4.60. The van der Waals surface area contributed by atoms with E-state index < -0.39 is 32.8 Å². The van der Waals surface area contributed by atoms with Crippen LogP contribution in [0.2, 0.25) is 0 Å². The zero-order valence-corrected chi connectivity index (χ0v) is 13.3. The van der Waals surface area contributed by atoms with Crippen LogP contribution in [-0.2, 0) is 16.2 Å². The molecule has 1 aliphatic carbocycles. The van der Waals surface area contributed by atoms with Crippen LogP contribution in [0.3, 0.4) is 0 Å². The van der Waals surface area contributed by atoms with E-state index in [1.54, 1.807) is 0 Å². The molecule has 8 heteroatoms. The first kappa shape index (κ1) is 18.2. The monoisotopic (exact) mass is 351 g/mol. The number of hydrogen-bond donors (Lipinski definition) is 2. The highest BCUT2D eigenvalue weighted by Crippen LogP contribution is 2.30. The van der Waals surface area contributed by atoms with Crippen LogP contribution < -0.4 is 4.72 Å². The average molecular weight is 351 g/mol. The third-order valence-electron chi connectivity index (χ3n) is 4.15. The Morgan fingerprint density at radius 2 is 1.87 bits per heavy atom. The smallest absolute Gasteiger partial charge is 0.391 e. The lowest BCUT2D eigenvalue weighted by Crippen LogP contribution is -2.37. The summed E-state index contributed by atoms with van der Waals surface area (Å²) in [6, 6.07) is 3.56. The molecule has 4 nitrogen and oxygen atoms in total. The van der Waals surface area contributed by atoms with Crippen LogP contribution in [-0.4, -0.2) is 26.2 Å². The second-order valence-electron chi connectivity index (χ2n) is 5.84. The number of sulfonamides is 1. The van der Waals surface area contributed by atoms with Gasteiger partial charge in [-0.3, -0.25) is 0 Å². The molecule has 130 valence electrons. The number of halogens is 3. The van der Waals surface area contributed by atoms with Gasteiger partial charge in [0.1, 0.15) is 0 Å². The normalized spacial score (nSPS) is 18.8. The largest absolute Gasteiger partial charge is 0.416 e. The summed E-state index contributed by atoms with van der Waals surface area (Å²) >= 11 is 0. The lowest BCUT2D eigenvalue weighted by Gasteiger charge is -2.26. The van der Waals surface area contributed by atoms with E-state index in [-0.39, 0.29) is 12.5 Å². The number of nitrogens with one attached hydrogen (secondary N) is 1. The van der Waals surface area contributed by atoms with Gasteiger partial charge in [0.15, 0.2) is 0 Å². The van der Waals surface area contributed by atoms with Gasteiger partial charge in [-0.25, -0.2) is 13.1 Å². The first-order valence-corrected chi connectivity index (χ1v) is 9.03. The van der Waals surface area contributed by atoms with Gasteiger partial charge in [0.2, 0.25) is 10.0 Å². The Morgan fingerprint density at radius 1 is 1.22 bits per heavy atom. The van der Waals surface area contributed by atoms with E-state index in [0.29, 0.717) is 6.07 Å². The van der Waals surface area contributed by atoms with Crippen LogP contribution in [0.15, 0.2) is 29.2 Å². The Hall–Kier alpha value is -1.12. The van der Waals surface area contributed by atoms with Crippen molar-refractivity contribution in [3.05, 3.63) is 29.8 Å². The molecule has 0 bridgehead atoms. The minimum absolute atomic E-state index is 0.0351. The van der Waals surface area contributed by atoms with E-state index in [1.807, 2.05) is 0 Å². The summed E-state index contributed by atoms with van der Waals surface area (Å²) in [5, 5.41) is 10.1. The Balaban J connectivity index is 2.04. The van der Waals surface area contributed by atoms with Gasteiger partial charge in [-0.2, -0.15) is 13.2 Å². The summed E-state index contributed by atoms with van der Waals surface area (Å²) in [7, 11) is -4.09. The molecule has 1 saturated carbocycles. The predicted octanol–water partition coefficient (Wildman–Crippen LogP) is 2.92. The van der Waals surface area contributed by atoms with Gasteiger partial charge in [-0.1, -0.05) is 25.3 Å². The first-order chi connectivity index (χ1) is 10.7. The minimum Gasteiger partial charge on any atom is -0.391 e. The van der Waals surface area contributed by atoms with E-state index in [2.05, 4.69) is 4.72 Å². The number of aliphatic hydroxyl groups is 1. The molecule has 0 spiro atoms. The van der Waals surface area contributed by atoms with Crippen molar-refractivity contribution < 1.29 is 26.7 Å². The zero-order chi connectivity index (χ0) is 17.1. The molecule has 0 heterocycles. The lowest BCUT2D eigenvalue weighted by molar-refractivity contribution is -0.137. The maximum absolute atomic E-state index is 12.7. The summed E-state index contributed by atoms with van der Waals surface area (Å²) in [4.78, 5) is -0.455. The third kappa shape index (κ3) is 4.92. The second-order valence-corrected chi connectivity index (χ2v) is 7.61. The van der Waals surface area contributed by atoms with Crippen molar-refractivity contribution in [1.29, 1.82) is 0 Å². The number of aliphatic hydroxyl groups excluding tert-OH is 1. The molecule has 1 aliphatic rings. The number of hydrogen-bond acceptors (Lipinski definition) is 3.